The lowest BCUT2D eigenvalue weighted by Crippen LogP contribution is -2.43. The fraction of sp³-hybridized carbons (Fsp3) is 0.211. The molecule has 0 bridgehead atoms. The summed E-state index contributed by atoms with van der Waals surface area (Å²) in [7, 11) is 1.70. The molecule has 1 atom stereocenters. The summed E-state index contributed by atoms with van der Waals surface area (Å²) < 4.78 is 0. The number of hydrogen-bond donors (Lipinski definition) is 2. The number of carbonyl (C=O) groups excluding carboxylic acids is 2. The Balaban J connectivity index is 1.87. The third-order valence-electron chi connectivity index (χ3n) is 3.84. The second kappa shape index (κ2) is 8.99. The van der Waals surface area contributed by atoms with Crippen molar-refractivity contribution in [1.82, 2.24) is 4.90 Å². The fourth-order valence-electron chi connectivity index (χ4n) is 2.17. The average molecular weight is 371 g/mol. The van der Waals surface area contributed by atoms with Crippen molar-refractivity contribution >= 4 is 34.8 Å². The van der Waals surface area contributed by atoms with Crippen molar-refractivity contribution in [3.05, 3.63) is 59.1 Å². The first-order chi connectivity index (χ1) is 12.4. The zero-order valence-corrected chi connectivity index (χ0v) is 15.2. The molecule has 134 valence electrons. The molecule has 2 aromatic rings. The predicted molar refractivity (Wildman–Crippen MR) is 102 cm³/mol. The molecule has 0 spiro atoms. The number of hydrogen-bond acceptors (Lipinski definition) is 4. The van der Waals surface area contributed by atoms with Crippen molar-refractivity contribution in [2.75, 3.05) is 24.2 Å². The third kappa shape index (κ3) is 5.59. The minimum atomic E-state index is -0.512. The van der Waals surface area contributed by atoms with E-state index in [4.69, 9.17) is 16.9 Å². The lowest BCUT2D eigenvalue weighted by atomic mass is 10.2. The Morgan fingerprint density at radius 3 is 2.19 bits per heavy atom. The van der Waals surface area contributed by atoms with E-state index >= 15 is 0 Å². The van der Waals surface area contributed by atoms with Crippen molar-refractivity contribution in [2.45, 2.75) is 13.0 Å². The normalized spacial score (nSPS) is 11.5. The van der Waals surface area contributed by atoms with Gasteiger partial charge in [0.25, 0.3) is 0 Å². The molecule has 0 aromatic heterocycles. The zero-order valence-electron chi connectivity index (χ0n) is 14.5. The highest BCUT2D eigenvalue weighted by Crippen LogP contribution is 2.14. The number of benzene rings is 2. The highest BCUT2D eigenvalue weighted by molar-refractivity contribution is 6.30. The topological polar surface area (TPSA) is 85.2 Å². The maximum absolute atomic E-state index is 12.3. The third-order valence-corrected chi connectivity index (χ3v) is 4.10. The van der Waals surface area contributed by atoms with E-state index in [0.717, 1.165) is 0 Å². The van der Waals surface area contributed by atoms with Gasteiger partial charge in [0, 0.05) is 16.4 Å². The second-order valence-electron chi connectivity index (χ2n) is 5.82. The molecule has 0 unspecified atom stereocenters. The number of rotatable bonds is 6. The molecule has 0 heterocycles. The smallest absolute Gasteiger partial charge is 0.241 e. The first kappa shape index (κ1) is 19.4. The lowest BCUT2D eigenvalue weighted by molar-refractivity contribution is -0.122. The Morgan fingerprint density at radius 2 is 1.62 bits per heavy atom. The molecule has 2 amide bonds. The summed E-state index contributed by atoms with van der Waals surface area (Å²) in [5, 5.41) is 14.9. The number of nitrogens with zero attached hydrogens (tertiary/aromatic N) is 2. The van der Waals surface area contributed by atoms with Gasteiger partial charge in [-0.2, -0.15) is 5.26 Å². The molecule has 0 radical (unpaired) electrons. The van der Waals surface area contributed by atoms with Crippen LogP contribution in [-0.2, 0) is 9.59 Å². The van der Waals surface area contributed by atoms with Crippen molar-refractivity contribution in [3.8, 4) is 6.07 Å². The van der Waals surface area contributed by atoms with Crippen LogP contribution in [-0.4, -0.2) is 36.3 Å². The minimum Gasteiger partial charge on any atom is -0.325 e. The number of carbonyl (C=O) groups is 2. The van der Waals surface area contributed by atoms with E-state index in [-0.39, 0.29) is 18.4 Å². The molecule has 0 saturated carbocycles. The molecule has 2 aromatic carbocycles. The molecule has 0 saturated heterocycles. The van der Waals surface area contributed by atoms with Gasteiger partial charge in [-0.15, -0.1) is 0 Å². The van der Waals surface area contributed by atoms with Crippen LogP contribution in [0.15, 0.2) is 48.5 Å². The molecule has 0 fully saturated rings. The van der Waals surface area contributed by atoms with Crippen LogP contribution in [0, 0.1) is 11.3 Å². The molecular weight excluding hydrogens is 352 g/mol. The van der Waals surface area contributed by atoms with Crippen LogP contribution in [0.4, 0.5) is 11.4 Å². The largest absolute Gasteiger partial charge is 0.325 e. The Bertz CT molecular complexity index is 813. The quantitative estimate of drug-likeness (QED) is 0.818. The van der Waals surface area contributed by atoms with Gasteiger partial charge in [-0.25, -0.2) is 0 Å². The van der Waals surface area contributed by atoms with Crippen LogP contribution in [0.3, 0.4) is 0 Å². The van der Waals surface area contributed by atoms with Crippen molar-refractivity contribution in [2.24, 2.45) is 0 Å². The predicted octanol–water partition coefficient (Wildman–Crippen LogP) is 3.11. The summed E-state index contributed by atoms with van der Waals surface area (Å²) >= 11 is 5.81. The second-order valence-corrected chi connectivity index (χ2v) is 6.26. The molecule has 6 nitrogen and oxygen atoms in total. The Kier molecular flexibility index (Phi) is 6.73. The molecule has 7 heteroatoms. The lowest BCUT2D eigenvalue weighted by Gasteiger charge is -2.23. The maximum Gasteiger partial charge on any atom is 0.241 e. The van der Waals surface area contributed by atoms with Gasteiger partial charge in [0.05, 0.1) is 24.2 Å². The monoisotopic (exact) mass is 370 g/mol. The summed E-state index contributed by atoms with van der Waals surface area (Å²) in [5.74, 6) is -0.468. The Morgan fingerprint density at radius 1 is 1.08 bits per heavy atom. The van der Waals surface area contributed by atoms with Gasteiger partial charge in [-0.3, -0.25) is 14.5 Å². The van der Waals surface area contributed by atoms with Gasteiger partial charge >= 0.3 is 0 Å². The molecule has 0 aliphatic heterocycles. The SMILES string of the molecule is C[C@H](C(=O)Nc1ccc(C#N)cc1)N(C)CC(=O)Nc1ccc(Cl)cc1. The summed E-state index contributed by atoms with van der Waals surface area (Å²) in [4.78, 5) is 26.1. The number of likely N-dealkylation sites (N-methyl/N-ethyl adjacent to an activating group) is 1. The first-order valence-electron chi connectivity index (χ1n) is 7.95. The van der Waals surface area contributed by atoms with E-state index in [9.17, 15) is 9.59 Å². The van der Waals surface area contributed by atoms with Gasteiger partial charge < -0.3 is 10.6 Å². The van der Waals surface area contributed by atoms with Crippen LogP contribution < -0.4 is 10.6 Å². The highest BCUT2D eigenvalue weighted by atomic mass is 35.5. The number of nitriles is 1. The molecule has 0 aliphatic carbocycles. The van der Waals surface area contributed by atoms with Crippen LogP contribution >= 0.6 is 11.6 Å². The van der Waals surface area contributed by atoms with Crippen molar-refractivity contribution < 1.29 is 9.59 Å². The van der Waals surface area contributed by atoms with Crippen molar-refractivity contribution in [3.63, 3.8) is 0 Å². The van der Waals surface area contributed by atoms with E-state index in [1.54, 1.807) is 67.4 Å². The fourth-order valence-corrected chi connectivity index (χ4v) is 2.30. The van der Waals surface area contributed by atoms with E-state index in [0.29, 0.717) is 22.0 Å². The first-order valence-corrected chi connectivity index (χ1v) is 8.33. The van der Waals surface area contributed by atoms with Gasteiger partial charge in [0.1, 0.15) is 0 Å². The number of anilines is 2. The van der Waals surface area contributed by atoms with E-state index < -0.39 is 6.04 Å². The van der Waals surface area contributed by atoms with Gasteiger partial charge in [-0.05, 0) is 62.5 Å². The van der Waals surface area contributed by atoms with E-state index in [1.165, 1.54) is 0 Å². The summed E-state index contributed by atoms with van der Waals surface area (Å²) in [5.41, 5.74) is 1.76. The van der Waals surface area contributed by atoms with Gasteiger partial charge in [0.15, 0.2) is 0 Å². The Hall–Kier alpha value is -2.88. The standard InChI is InChI=1S/C19H19ClN4O2/c1-13(19(26)23-17-7-3-14(11-21)4-8-17)24(2)12-18(25)22-16-9-5-15(20)6-10-16/h3-10,13H,12H2,1-2H3,(H,22,25)(H,23,26)/t13-/m1/s1. The summed E-state index contributed by atoms with van der Waals surface area (Å²) in [6, 6.07) is 14.9. The molecule has 2 N–H and O–H groups in total. The van der Waals surface area contributed by atoms with Crippen LogP contribution in [0.1, 0.15) is 12.5 Å². The molecule has 2 rings (SSSR count). The molecular formula is C19H19ClN4O2. The minimum absolute atomic E-state index is 0.0601. The summed E-state index contributed by atoms with van der Waals surface area (Å²) in [6.45, 7) is 1.78. The zero-order chi connectivity index (χ0) is 19.1. The number of nitrogens with one attached hydrogen (secondary N) is 2. The van der Waals surface area contributed by atoms with Gasteiger partial charge in [-0.1, -0.05) is 11.6 Å². The van der Waals surface area contributed by atoms with Crippen molar-refractivity contribution in [1.29, 1.82) is 5.26 Å². The van der Waals surface area contributed by atoms with E-state index in [1.807, 2.05) is 6.07 Å². The van der Waals surface area contributed by atoms with Crippen LogP contribution in [0.5, 0.6) is 0 Å². The van der Waals surface area contributed by atoms with Crippen LogP contribution in [0.25, 0.3) is 0 Å². The number of halogens is 1. The van der Waals surface area contributed by atoms with Gasteiger partial charge in [0.2, 0.25) is 11.8 Å². The molecule has 0 aliphatic rings. The Labute approximate surface area is 157 Å². The summed E-state index contributed by atoms with van der Waals surface area (Å²) in [6.07, 6.45) is 0. The molecule has 26 heavy (non-hydrogen) atoms. The van der Waals surface area contributed by atoms with Crippen LogP contribution in [0.2, 0.25) is 5.02 Å². The maximum atomic E-state index is 12.3. The number of amides is 2. The van der Waals surface area contributed by atoms with E-state index in [2.05, 4.69) is 10.6 Å². The average Bonchev–Trinajstić information content (AvgIpc) is 2.63. The highest BCUT2D eigenvalue weighted by Gasteiger charge is 2.20.